The molecule has 1 saturated heterocycles. The first kappa shape index (κ1) is 11.1. The van der Waals surface area contributed by atoms with E-state index in [-0.39, 0.29) is 11.9 Å². The van der Waals surface area contributed by atoms with E-state index in [0.717, 1.165) is 36.2 Å². The van der Waals surface area contributed by atoms with Crippen molar-refractivity contribution >= 4 is 5.91 Å². The average Bonchev–Trinajstić information content (AvgIpc) is 2.74. The van der Waals surface area contributed by atoms with E-state index in [2.05, 4.69) is 10.6 Å². The van der Waals surface area contributed by atoms with Crippen molar-refractivity contribution in [3.63, 3.8) is 0 Å². The predicted octanol–water partition coefficient (Wildman–Crippen LogP) is 1.40. The van der Waals surface area contributed by atoms with E-state index < -0.39 is 0 Å². The van der Waals surface area contributed by atoms with Gasteiger partial charge in [-0.1, -0.05) is 12.1 Å². The number of amides is 1. The highest BCUT2D eigenvalue weighted by atomic mass is 16.1. The van der Waals surface area contributed by atoms with Crippen LogP contribution in [0.2, 0.25) is 0 Å². The minimum absolute atomic E-state index is 0.0508. The van der Waals surface area contributed by atoms with E-state index in [1.54, 1.807) is 0 Å². The predicted molar refractivity (Wildman–Crippen MR) is 64.7 cm³/mol. The molecular formula is C13H18N2O. The van der Waals surface area contributed by atoms with E-state index in [1.807, 2.05) is 32.0 Å². The van der Waals surface area contributed by atoms with Crippen LogP contribution >= 0.6 is 0 Å². The van der Waals surface area contributed by atoms with Gasteiger partial charge in [-0.25, -0.2) is 0 Å². The zero-order valence-corrected chi connectivity index (χ0v) is 9.84. The average molecular weight is 218 g/mol. The van der Waals surface area contributed by atoms with Gasteiger partial charge >= 0.3 is 0 Å². The standard InChI is InChI=1S/C13H18N2O/c1-9-4-3-5-12(10(9)2)13(16)15-11-6-7-14-8-11/h3-5,11,14H,6-8H2,1-2H3,(H,15,16)/t11-/m0/s1. The number of aryl methyl sites for hydroxylation is 1. The van der Waals surface area contributed by atoms with Gasteiger partial charge in [-0.3, -0.25) is 4.79 Å². The Labute approximate surface area is 96.2 Å². The second kappa shape index (κ2) is 4.66. The van der Waals surface area contributed by atoms with Gasteiger partial charge in [-0.05, 0) is 44.0 Å². The third kappa shape index (κ3) is 2.25. The van der Waals surface area contributed by atoms with Crippen LogP contribution in [0.1, 0.15) is 27.9 Å². The summed E-state index contributed by atoms with van der Waals surface area (Å²) < 4.78 is 0. The number of rotatable bonds is 2. The van der Waals surface area contributed by atoms with E-state index in [9.17, 15) is 4.79 Å². The lowest BCUT2D eigenvalue weighted by Crippen LogP contribution is -2.36. The number of benzene rings is 1. The Morgan fingerprint density at radius 2 is 2.25 bits per heavy atom. The van der Waals surface area contributed by atoms with Crippen LogP contribution in [0.15, 0.2) is 18.2 Å². The first-order valence-corrected chi connectivity index (χ1v) is 5.76. The van der Waals surface area contributed by atoms with Crippen LogP contribution in [0.4, 0.5) is 0 Å². The molecule has 0 spiro atoms. The minimum atomic E-state index is 0.0508. The summed E-state index contributed by atoms with van der Waals surface area (Å²) in [5, 5.41) is 6.30. The molecule has 1 aromatic rings. The molecule has 2 N–H and O–H groups in total. The molecule has 1 aromatic carbocycles. The maximum atomic E-state index is 12.0. The highest BCUT2D eigenvalue weighted by molar-refractivity contribution is 5.96. The van der Waals surface area contributed by atoms with Crippen LogP contribution in [0.3, 0.4) is 0 Å². The number of carbonyl (C=O) groups is 1. The molecule has 0 unspecified atom stereocenters. The van der Waals surface area contributed by atoms with E-state index >= 15 is 0 Å². The van der Waals surface area contributed by atoms with Gasteiger partial charge < -0.3 is 10.6 Å². The van der Waals surface area contributed by atoms with Crippen molar-refractivity contribution in [1.82, 2.24) is 10.6 Å². The summed E-state index contributed by atoms with van der Waals surface area (Å²) in [4.78, 5) is 12.0. The molecular weight excluding hydrogens is 200 g/mol. The summed E-state index contributed by atoms with van der Waals surface area (Å²) in [7, 11) is 0. The first-order valence-electron chi connectivity index (χ1n) is 5.76. The maximum absolute atomic E-state index is 12.0. The Morgan fingerprint density at radius 1 is 1.44 bits per heavy atom. The second-order valence-electron chi connectivity index (χ2n) is 4.41. The highest BCUT2D eigenvalue weighted by Crippen LogP contribution is 2.13. The van der Waals surface area contributed by atoms with E-state index in [0.29, 0.717) is 0 Å². The maximum Gasteiger partial charge on any atom is 0.251 e. The van der Waals surface area contributed by atoms with Crippen molar-refractivity contribution in [3.8, 4) is 0 Å². The fourth-order valence-corrected chi connectivity index (χ4v) is 2.04. The summed E-state index contributed by atoms with van der Waals surface area (Å²) >= 11 is 0. The molecule has 1 fully saturated rings. The Bertz CT molecular complexity index is 395. The van der Waals surface area contributed by atoms with Gasteiger partial charge in [-0.2, -0.15) is 0 Å². The second-order valence-corrected chi connectivity index (χ2v) is 4.41. The van der Waals surface area contributed by atoms with Crippen molar-refractivity contribution < 1.29 is 4.79 Å². The van der Waals surface area contributed by atoms with Crippen LogP contribution in [0.5, 0.6) is 0 Å². The number of nitrogens with one attached hydrogen (secondary N) is 2. The van der Waals surface area contributed by atoms with Crippen LogP contribution in [-0.2, 0) is 0 Å². The molecule has 1 atom stereocenters. The van der Waals surface area contributed by atoms with Crippen LogP contribution in [-0.4, -0.2) is 25.0 Å². The molecule has 1 aliphatic heterocycles. The Hall–Kier alpha value is -1.35. The number of carbonyl (C=O) groups excluding carboxylic acids is 1. The summed E-state index contributed by atoms with van der Waals surface area (Å²) in [5.74, 6) is 0.0508. The van der Waals surface area contributed by atoms with Crippen molar-refractivity contribution in [3.05, 3.63) is 34.9 Å². The lowest BCUT2D eigenvalue weighted by molar-refractivity contribution is 0.0939. The molecule has 1 aliphatic rings. The molecule has 3 nitrogen and oxygen atoms in total. The molecule has 86 valence electrons. The van der Waals surface area contributed by atoms with Crippen molar-refractivity contribution in [2.45, 2.75) is 26.3 Å². The van der Waals surface area contributed by atoms with Crippen molar-refractivity contribution in [2.24, 2.45) is 0 Å². The van der Waals surface area contributed by atoms with Gasteiger partial charge in [0.05, 0.1) is 0 Å². The van der Waals surface area contributed by atoms with Gasteiger partial charge in [0.25, 0.3) is 5.91 Å². The van der Waals surface area contributed by atoms with Gasteiger partial charge in [0.15, 0.2) is 0 Å². The molecule has 3 heteroatoms. The molecule has 1 amide bonds. The molecule has 1 heterocycles. The zero-order valence-electron chi connectivity index (χ0n) is 9.84. The Morgan fingerprint density at radius 3 is 2.94 bits per heavy atom. The molecule has 0 bridgehead atoms. The quantitative estimate of drug-likeness (QED) is 0.787. The zero-order chi connectivity index (χ0) is 11.5. The minimum Gasteiger partial charge on any atom is -0.348 e. The molecule has 0 aliphatic carbocycles. The monoisotopic (exact) mass is 218 g/mol. The van der Waals surface area contributed by atoms with E-state index in [4.69, 9.17) is 0 Å². The topological polar surface area (TPSA) is 41.1 Å². The van der Waals surface area contributed by atoms with Crippen LogP contribution < -0.4 is 10.6 Å². The molecule has 16 heavy (non-hydrogen) atoms. The highest BCUT2D eigenvalue weighted by Gasteiger charge is 2.18. The third-order valence-electron chi connectivity index (χ3n) is 3.24. The van der Waals surface area contributed by atoms with Crippen molar-refractivity contribution in [2.75, 3.05) is 13.1 Å². The summed E-state index contributed by atoms with van der Waals surface area (Å²) in [6.45, 7) is 5.91. The van der Waals surface area contributed by atoms with Gasteiger partial charge in [0, 0.05) is 18.2 Å². The lowest BCUT2D eigenvalue weighted by atomic mass is 10.0. The fraction of sp³-hybridized carbons (Fsp3) is 0.462. The first-order chi connectivity index (χ1) is 7.68. The van der Waals surface area contributed by atoms with Gasteiger partial charge in [0.2, 0.25) is 0 Å². The van der Waals surface area contributed by atoms with Gasteiger partial charge in [0.1, 0.15) is 0 Å². The number of hydrogen-bond donors (Lipinski definition) is 2. The molecule has 2 rings (SSSR count). The molecule has 0 saturated carbocycles. The normalized spacial score (nSPS) is 19.8. The summed E-state index contributed by atoms with van der Waals surface area (Å²) in [6.07, 6.45) is 1.02. The van der Waals surface area contributed by atoms with Gasteiger partial charge in [-0.15, -0.1) is 0 Å². The third-order valence-corrected chi connectivity index (χ3v) is 3.24. The molecule has 0 aromatic heterocycles. The van der Waals surface area contributed by atoms with Crippen molar-refractivity contribution in [1.29, 1.82) is 0 Å². The SMILES string of the molecule is Cc1cccc(C(=O)N[C@H]2CCNC2)c1C. The Kier molecular flexibility index (Phi) is 3.25. The smallest absolute Gasteiger partial charge is 0.251 e. The molecule has 0 radical (unpaired) electrons. The van der Waals surface area contributed by atoms with Crippen LogP contribution in [0.25, 0.3) is 0 Å². The van der Waals surface area contributed by atoms with Crippen LogP contribution in [0, 0.1) is 13.8 Å². The number of hydrogen-bond acceptors (Lipinski definition) is 2. The largest absolute Gasteiger partial charge is 0.348 e. The fourth-order valence-electron chi connectivity index (χ4n) is 2.04. The summed E-state index contributed by atoms with van der Waals surface area (Å²) in [5.41, 5.74) is 3.04. The summed E-state index contributed by atoms with van der Waals surface area (Å²) in [6, 6.07) is 6.14. The lowest BCUT2D eigenvalue weighted by Gasteiger charge is -2.13. The Balaban J connectivity index is 2.11. The van der Waals surface area contributed by atoms with E-state index in [1.165, 1.54) is 0 Å².